The van der Waals surface area contributed by atoms with Crippen LogP contribution in [0.4, 0.5) is 30.2 Å². The summed E-state index contributed by atoms with van der Waals surface area (Å²) in [5.74, 6) is 0. The average Bonchev–Trinajstić information content (AvgIpc) is 2.96. The number of benzene rings is 2. The third kappa shape index (κ3) is 3.39. The molecule has 1 atom stereocenters. The van der Waals surface area contributed by atoms with Crippen molar-refractivity contribution in [3.05, 3.63) is 48.0 Å². The van der Waals surface area contributed by atoms with Crippen LogP contribution < -0.4 is 14.3 Å². The van der Waals surface area contributed by atoms with Crippen LogP contribution in [0.25, 0.3) is 0 Å². The monoisotopic (exact) mass is 441 g/mol. The molecule has 4 nitrogen and oxygen atoms in total. The number of hydrogen-bond donors (Lipinski definition) is 0. The van der Waals surface area contributed by atoms with Gasteiger partial charge in [0.15, 0.2) is 0 Å². The molecule has 142 valence electrons. The van der Waals surface area contributed by atoms with E-state index in [2.05, 4.69) is 9.89 Å². The Balaban J connectivity index is 1.52. The molecule has 2 heterocycles. The van der Waals surface area contributed by atoms with Crippen molar-refractivity contribution < 1.29 is 17.0 Å². The second-order valence-electron chi connectivity index (χ2n) is 6.55. The second-order valence-corrected chi connectivity index (χ2v) is 9.84. The third-order valence-corrected chi connectivity index (χ3v) is 7.72. The molecule has 1 saturated heterocycles. The zero-order chi connectivity index (χ0) is 19.2. The van der Waals surface area contributed by atoms with Crippen molar-refractivity contribution in [3.8, 4) is 0 Å². The number of hydrogen-bond acceptors (Lipinski definition) is 4. The molecule has 4 rings (SSSR count). The first kappa shape index (κ1) is 18.2. The maximum atomic E-state index is 12.9. The van der Waals surface area contributed by atoms with Crippen molar-refractivity contribution in [1.29, 1.82) is 0 Å². The molecule has 2 aliphatic heterocycles. The van der Waals surface area contributed by atoms with Gasteiger partial charge in [0, 0.05) is 0 Å². The Bertz CT molecular complexity index is 934. The Labute approximate surface area is 159 Å². The van der Waals surface area contributed by atoms with E-state index >= 15 is 0 Å². The van der Waals surface area contributed by atoms with Crippen LogP contribution in [0.1, 0.15) is 12.5 Å². The first-order valence-electron chi connectivity index (χ1n) is 8.62. The predicted octanol–water partition coefficient (Wildman–Crippen LogP) is 3.31. The van der Waals surface area contributed by atoms with Crippen LogP contribution in [-0.4, -0.2) is 44.6 Å². The normalized spacial score (nSPS) is 19.9. The molecule has 0 N–H and O–H groups in total. The number of nitrogens with zero attached hydrogens (tertiary/aromatic N) is 3. The topological polar surface area (TPSA) is 35.9 Å². The SMILES string of the molecule is CC1=Nc2c(N3CCN(c4cccc(C(F)(F)F)c4)CC3)cccc2[Se]1=O. The standard InChI is InChI=1S/C19H18F3N3OSe/c1-13-23-18-16(6-3-7-17(18)27(13)26)25-10-8-24(9-11-25)15-5-2-4-14(12-15)19(20,21)22/h2-7,12H,8-11H2,1H3. The van der Waals surface area contributed by atoms with Crippen LogP contribution in [0.5, 0.6) is 0 Å². The van der Waals surface area contributed by atoms with Crippen LogP contribution in [0, 0.1) is 0 Å². The molecule has 0 spiro atoms. The van der Waals surface area contributed by atoms with Crippen LogP contribution in [0.3, 0.4) is 0 Å². The van der Waals surface area contributed by atoms with E-state index in [9.17, 15) is 17.0 Å². The quantitative estimate of drug-likeness (QED) is 0.673. The Kier molecular flexibility index (Phi) is 4.56. The molecule has 0 bridgehead atoms. The molecule has 0 aromatic heterocycles. The summed E-state index contributed by atoms with van der Waals surface area (Å²) in [4.78, 5) is 8.64. The molecule has 1 unspecified atom stereocenters. The van der Waals surface area contributed by atoms with Crippen LogP contribution in [-0.2, 0) is 10.0 Å². The molecule has 2 aromatic rings. The molecular formula is C19H18F3N3OSe. The molecule has 2 aromatic carbocycles. The Morgan fingerprint density at radius 2 is 1.67 bits per heavy atom. The van der Waals surface area contributed by atoms with Gasteiger partial charge in [-0.1, -0.05) is 0 Å². The average molecular weight is 440 g/mol. The number of alkyl halides is 3. The van der Waals surface area contributed by atoms with Crippen LogP contribution >= 0.6 is 0 Å². The van der Waals surface area contributed by atoms with Gasteiger partial charge in [0.1, 0.15) is 0 Å². The van der Waals surface area contributed by atoms with E-state index in [0.29, 0.717) is 36.5 Å². The second kappa shape index (κ2) is 6.76. The van der Waals surface area contributed by atoms with Crippen LogP contribution in [0.2, 0.25) is 0 Å². The number of piperazine rings is 1. The van der Waals surface area contributed by atoms with Gasteiger partial charge >= 0.3 is 159 Å². The van der Waals surface area contributed by atoms with Gasteiger partial charge in [0.25, 0.3) is 0 Å². The summed E-state index contributed by atoms with van der Waals surface area (Å²) in [6.07, 6.45) is -4.34. The molecule has 0 amide bonds. The van der Waals surface area contributed by atoms with Crippen molar-refractivity contribution in [2.24, 2.45) is 4.99 Å². The summed E-state index contributed by atoms with van der Waals surface area (Å²) in [6.45, 7) is 4.37. The number of halogens is 3. The van der Waals surface area contributed by atoms with Gasteiger partial charge in [-0.2, -0.15) is 0 Å². The molecule has 0 radical (unpaired) electrons. The van der Waals surface area contributed by atoms with E-state index in [1.807, 2.05) is 23.1 Å². The van der Waals surface area contributed by atoms with Gasteiger partial charge in [-0.05, 0) is 0 Å². The van der Waals surface area contributed by atoms with Crippen molar-refractivity contribution in [2.75, 3.05) is 36.0 Å². The van der Waals surface area contributed by atoms with Gasteiger partial charge in [-0.25, -0.2) is 0 Å². The predicted molar refractivity (Wildman–Crippen MR) is 101 cm³/mol. The van der Waals surface area contributed by atoms with E-state index in [-0.39, 0.29) is 0 Å². The van der Waals surface area contributed by atoms with E-state index in [4.69, 9.17) is 0 Å². The van der Waals surface area contributed by atoms with Gasteiger partial charge in [-0.3, -0.25) is 0 Å². The maximum absolute atomic E-state index is 12.9. The van der Waals surface area contributed by atoms with E-state index in [0.717, 1.165) is 21.9 Å². The van der Waals surface area contributed by atoms with Gasteiger partial charge in [0.05, 0.1) is 0 Å². The van der Waals surface area contributed by atoms with Gasteiger partial charge in [0.2, 0.25) is 0 Å². The van der Waals surface area contributed by atoms with Crippen molar-refractivity contribution in [1.82, 2.24) is 0 Å². The Morgan fingerprint density at radius 3 is 2.37 bits per heavy atom. The summed E-state index contributed by atoms with van der Waals surface area (Å²) in [5, 5.41) is 0. The summed E-state index contributed by atoms with van der Waals surface area (Å²) in [5.41, 5.74) is 1.71. The fourth-order valence-corrected chi connectivity index (χ4v) is 5.61. The minimum atomic E-state index is -4.34. The third-order valence-electron chi connectivity index (χ3n) is 4.87. The first-order chi connectivity index (χ1) is 12.8. The Morgan fingerprint density at radius 1 is 1.00 bits per heavy atom. The number of aliphatic imine (C=N–C) groups is 1. The number of anilines is 2. The molecule has 0 aliphatic carbocycles. The van der Waals surface area contributed by atoms with E-state index < -0.39 is 25.6 Å². The van der Waals surface area contributed by atoms with E-state index in [1.54, 1.807) is 13.0 Å². The summed E-state index contributed by atoms with van der Waals surface area (Å²) < 4.78 is 52.7. The van der Waals surface area contributed by atoms with Gasteiger partial charge < -0.3 is 0 Å². The fraction of sp³-hybridized carbons (Fsp3) is 0.316. The molecule has 8 heteroatoms. The molecule has 0 saturated carbocycles. The van der Waals surface area contributed by atoms with Crippen LogP contribution in [0.15, 0.2) is 47.5 Å². The number of para-hydroxylation sites is 1. The van der Waals surface area contributed by atoms with Crippen molar-refractivity contribution in [2.45, 2.75) is 13.1 Å². The summed E-state index contributed by atoms with van der Waals surface area (Å²) in [7, 11) is 0. The first-order valence-corrected chi connectivity index (χ1v) is 11.0. The number of rotatable bonds is 2. The van der Waals surface area contributed by atoms with Gasteiger partial charge in [-0.15, -0.1) is 0 Å². The van der Waals surface area contributed by atoms with Crippen molar-refractivity contribution in [3.63, 3.8) is 0 Å². The molecule has 1 fully saturated rings. The zero-order valence-corrected chi connectivity index (χ0v) is 16.4. The van der Waals surface area contributed by atoms with E-state index in [1.165, 1.54) is 12.1 Å². The summed E-state index contributed by atoms with van der Waals surface area (Å²) in [6, 6.07) is 11.2. The fourth-order valence-electron chi connectivity index (χ4n) is 3.47. The molecule has 27 heavy (non-hydrogen) atoms. The summed E-state index contributed by atoms with van der Waals surface area (Å²) >= 11 is -2.21. The molecule has 2 aliphatic rings. The minimum absolute atomic E-state index is 0.586. The molecular weight excluding hydrogens is 422 g/mol. The number of fused-ring (bicyclic) bond motifs is 1. The van der Waals surface area contributed by atoms with Crippen molar-refractivity contribution >= 4 is 40.0 Å². The Hall–Kier alpha value is -2.18. The zero-order valence-electron chi connectivity index (χ0n) is 14.7.